The number of thiocarbonyl (C=S) groups is 1. The zero-order chi connectivity index (χ0) is 15.6. The van der Waals surface area contributed by atoms with Gasteiger partial charge in [0.25, 0.3) is 0 Å². The van der Waals surface area contributed by atoms with E-state index in [4.69, 9.17) is 22.7 Å². The highest BCUT2D eigenvalue weighted by atomic mass is 32.1. The molecule has 0 bridgehead atoms. The summed E-state index contributed by atoms with van der Waals surface area (Å²) in [6.45, 7) is 1.14. The lowest BCUT2D eigenvalue weighted by molar-refractivity contribution is -0.137. The van der Waals surface area contributed by atoms with Crippen molar-refractivity contribution in [3.8, 4) is 0 Å². The molecule has 0 amide bonds. The fourth-order valence-electron chi connectivity index (χ4n) is 2.26. The molecule has 0 saturated heterocycles. The minimum atomic E-state index is -4.46. The van der Waals surface area contributed by atoms with E-state index in [1.807, 2.05) is 4.90 Å². The van der Waals surface area contributed by atoms with E-state index >= 15 is 0 Å². The standard InChI is InChI=1S/C14H17F3N2OS/c1-20-7-6-19(9-2-3-9)10-4-5-12(14(15,16)17)11(8-10)13(18)21/h4-5,8-9H,2-3,6-7H2,1H3,(H2,18,21). The Hall–Kier alpha value is -1.34. The van der Waals surface area contributed by atoms with Crippen LogP contribution in [-0.2, 0) is 10.9 Å². The molecule has 1 saturated carbocycles. The topological polar surface area (TPSA) is 38.5 Å². The lowest BCUT2D eigenvalue weighted by Gasteiger charge is -2.25. The lowest BCUT2D eigenvalue weighted by Crippen LogP contribution is -2.30. The molecule has 0 heterocycles. The van der Waals surface area contributed by atoms with Crippen molar-refractivity contribution in [3.05, 3.63) is 29.3 Å². The zero-order valence-corrected chi connectivity index (χ0v) is 12.4. The van der Waals surface area contributed by atoms with Gasteiger partial charge in [0, 0.05) is 30.9 Å². The van der Waals surface area contributed by atoms with Gasteiger partial charge in [0.2, 0.25) is 0 Å². The molecule has 1 aliphatic carbocycles. The van der Waals surface area contributed by atoms with Gasteiger partial charge in [-0.2, -0.15) is 13.2 Å². The van der Waals surface area contributed by atoms with Gasteiger partial charge in [-0.1, -0.05) is 12.2 Å². The van der Waals surface area contributed by atoms with Crippen LogP contribution in [0.1, 0.15) is 24.0 Å². The molecule has 0 unspecified atom stereocenters. The van der Waals surface area contributed by atoms with Crippen molar-refractivity contribution in [3.63, 3.8) is 0 Å². The molecule has 7 heteroatoms. The fourth-order valence-corrected chi connectivity index (χ4v) is 2.43. The first-order valence-corrected chi connectivity index (χ1v) is 7.02. The minimum Gasteiger partial charge on any atom is -0.389 e. The van der Waals surface area contributed by atoms with Gasteiger partial charge in [0.15, 0.2) is 0 Å². The van der Waals surface area contributed by atoms with Gasteiger partial charge in [-0.15, -0.1) is 0 Å². The maximum atomic E-state index is 13.0. The summed E-state index contributed by atoms with van der Waals surface area (Å²) in [6.07, 6.45) is -2.39. The second-order valence-corrected chi connectivity index (χ2v) is 5.45. The quantitative estimate of drug-likeness (QED) is 0.819. The van der Waals surface area contributed by atoms with Gasteiger partial charge in [-0.3, -0.25) is 0 Å². The van der Waals surface area contributed by atoms with E-state index in [1.165, 1.54) is 12.1 Å². The van der Waals surface area contributed by atoms with Crippen molar-refractivity contribution >= 4 is 22.9 Å². The second-order valence-electron chi connectivity index (χ2n) is 5.01. The molecule has 0 spiro atoms. The second kappa shape index (κ2) is 6.19. The molecule has 1 aromatic carbocycles. The predicted octanol–water partition coefficient (Wildman–Crippen LogP) is 2.95. The lowest BCUT2D eigenvalue weighted by atomic mass is 10.1. The number of nitrogens with two attached hydrogens (primary N) is 1. The van der Waals surface area contributed by atoms with E-state index in [2.05, 4.69) is 0 Å². The average molecular weight is 318 g/mol. The van der Waals surface area contributed by atoms with Crippen molar-refractivity contribution < 1.29 is 17.9 Å². The van der Waals surface area contributed by atoms with E-state index in [0.29, 0.717) is 24.9 Å². The zero-order valence-electron chi connectivity index (χ0n) is 11.6. The van der Waals surface area contributed by atoms with E-state index in [1.54, 1.807) is 7.11 Å². The number of nitrogens with zero attached hydrogens (tertiary/aromatic N) is 1. The number of hydrogen-bond acceptors (Lipinski definition) is 3. The van der Waals surface area contributed by atoms with Gasteiger partial charge >= 0.3 is 6.18 Å². The van der Waals surface area contributed by atoms with E-state index in [9.17, 15) is 13.2 Å². The third-order valence-electron chi connectivity index (χ3n) is 3.43. The van der Waals surface area contributed by atoms with E-state index < -0.39 is 11.7 Å². The highest BCUT2D eigenvalue weighted by Crippen LogP contribution is 2.36. The van der Waals surface area contributed by atoms with Crippen molar-refractivity contribution in [2.45, 2.75) is 25.1 Å². The number of halogens is 3. The predicted molar refractivity (Wildman–Crippen MR) is 79.6 cm³/mol. The van der Waals surface area contributed by atoms with Gasteiger partial charge in [0.05, 0.1) is 12.2 Å². The molecule has 2 rings (SSSR count). The van der Waals surface area contributed by atoms with Crippen LogP contribution < -0.4 is 10.6 Å². The summed E-state index contributed by atoms with van der Waals surface area (Å²) in [7, 11) is 1.60. The summed E-state index contributed by atoms with van der Waals surface area (Å²) >= 11 is 4.77. The Bertz CT molecular complexity index is 529. The summed E-state index contributed by atoms with van der Waals surface area (Å²) in [5, 5.41) is 0. The smallest absolute Gasteiger partial charge is 0.389 e. The number of anilines is 1. The van der Waals surface area contributed by atoms with Crippen LogP contribution in [0.4, 0.5) is 18.9 Å². The largest absolute Gasteiger partial charge is 0.417 e. The molecule has 1 fully saturated rings. The van der Waals surface area contributed by atoms with Crippen LogP contribution in [0.25, 0.3) is 0 Å². The van der Waals surface area contributed by atoms with E-state index in [-0.39, 0.29) is 10.6 Å². The van der Waals surface area contributed by atoms with Crippen LogP contribution in [0.15, 0.2) is 18.2 Å². The van der Waals surface area contributed by atoms with Crippen molar-refractivity contribution in [1.82, 2.24) is 0 Å². The summed E-state index contributed by atoms with van der Waals surface area (Å²) in [5.41, 5.74) is 5.24. The summed E-state index contributed by atoms with van der Waals surface area (Å²) in [6, 6.07) is 4.31. The van der Waals surface area contributed by atoms with Crippen LogP contribution in [0.5, 0.6) is 0 Å². The molecular formula is C14H17F3N2OS. The third kappa shape index (κ3) is 3.85. The molecule has 1 aromatic rings. The molecule has 3 nitrogen and oxygen atoms in total. The number of methoxy groups -OCH3 is 1. The molecule has 21 heavy (non-hydrogen) atoms. The first-order chi connectivity index (χ1) is 9.84. The Morgan fingerprint density at radius 1 is 1.43 bits per heavy atom. The van der Waals surface area contributed by atoms with Crippen LogP contribution in [-0.4, -0.2) is 31.3 Å². The Morgan fingerprint density at radius 3 is 2.57 bits per heavy atom. The molecule has 0 aromatic heterocycles. The number of ether oxygens (including phenoxy) is 1. The number of benzene rings is 1. The number of rotatable bonds is 6. The fraction of sp³-hybridized carbons (Fsp3) is 0.500. The van der Waals surface area contributed by atoms with E-state index in [0.717, 1.165) is 18.9 Å². The van der Waals surface area contributed by atoms with Crippen molar-refractivity contribution in [1.29, 1.82) is 0 Å². The van der Waals surface area contributed by atoms with Crippen LogP contribution >= 0.6 is 12.2 Å². The SMILES string of the molecule is COCCN(c1ccc(C(F)(F)F)c(C(N)=S)c1)C1CC1. The molecule has 116 valence electrons. The molecule has 0 radical (unpaired) electrons. The summed E-state index contributed by atoms with van der Waals surface area (Å²) in [4.78, 5) is 1.80. The Kier molecular flexibility index (Phi) is 4.73. The van der Waals surface area contributed by atoms with Crippen LogP contribution in [0.3, 0.4) is 0 Å². The first kappa shape index (κ1) is 16.0. The van der Waals surface area contributed by atoms with Crippen molar-refractivity contribution in [2.24, 2.45) is 5.73 Å². The molecule has 2 N–H and O–H groups in total. The summed E-state index contributed by atoms with van der Waals surface area (Å²) in [5.74, 6) is 0. The number of hydrogen-bond donors (Lipinski definition) is 1. The van der Waals surface area contributed by atoms with Gasteiger partial charge < -0.3 is 15.4 Å². The number of alkyl halides is 3. The highest BCUT2D eigenvalue weighted by Gasteiger charge is 2.35. The van der Waals surface area contributed by atoms with Gasteiger partial charge in [0.1, 0.15) is 4.99 Å². The maximum Gasteiger partial charge on any atom is 0.417 e. The van der Waals surface area contributed by atoms with Gasteiger partial charge in [-0.25, -0.2) is 0 Å². The van der Waals surface area contributed by atoms with Gasteiger partial charge in [-0.05, 0) is 31.0 Å². The minimum absolute atomic E-state index is 0.127. The maximum absolute atomic E-state index is 13.0. The monoisotopic (exact) mass is 318 g/mol. The Morgan fingerprint density at radius 2 is 2.10 bits per heavy atom. The van der Waals surface area contributed by atoms with Crippen LogP contribution in [0.2, 0.25) is 0 Å². The van der Waals surface area contributed by atoms with Crippen LogP contribution in [0, 0.1) is 0 Å². The summed E-state index contributed by atoms with van der Waals surface area (Å²) < 4.78 is 44.0. The first-order valence-electron chi connectivity index (χ1n) is 6.61. The molecule has 1 aliphatic rings. The van der Waals surface area contributed by atoms with Crippen molar-refractivity contribution in [2.75, 3.05) is 25.2 Å². The normalized spacial score (nSPS) is 15.0. The highest BCUT2D eigenvalue weighted by molar-refractivity contribution is 7.80. The Labute approximate surface area is 126 Å². The molecular weight excluding hydrogens is 301 g/mol. The Balaban J connectivity index is 2.36. The molecule has 0 aliphatic heterocycles. The third-order valence-corrected chi connectivity index (χ3v) is 3.65. The molecule has 0 atom stereocenters. The average Bonchev–Trinajstić information content (AvgIpc) is 3.22.